The minimum Gasteiger partial charge on any atom is -0.346 e. The molecule has 1 fully saturated rings. The largest absolute Gasteiger partial charge is 0.346 e. The van der Waals surface area contributed by atoms with Crippen LogP contribution in [0.5, 0.6) is 0 Å². The predicted molar refractivity (Wildman–Crippen MR) is 94.8 cm³/mol. The van der Waals surface area contributed by atoms with Crippen LogP contribution in [0.4, 0.5) is 0 Å². The summed E-state index contributed by atoms with van der Waals surface area (Å²) in [6, 6.07) is 0. The lowest BCUT2D eigenvalue weighted by atomic mass is 10.3. The molecule has 0 aromatic heterocycles. The Balaban J connectivity index is 2.29. The third-order valence-corrected chi connectivity index (χ3v) is 3.97. The number of likely N-dealkylation sites (N-methyl/N-ethyl adjacent to an activating group) is 1. The molecule has 1 aliphatic heterocycles. The van der Waals surface area contributed by atoms with Crippen LogP contribution in [0.15, 0.2) is 0 Å². The van der Waals surface area contributed by atoms with Gasteiger partial charge in [-0.25, -0.2) is 0 Å². The van der Waals surface area contributed by atoms with E-state index in [9.17, 15) is 9.59 Å². The highest BCUT2D eigenvalue weighted by Gasteiger charge is 2.12. The van der Waals surface area contributed by atoms with E-state index in [-0.39, 0.29) is 24.9 Å². The number of nitrogens with one attached hydrogen (secondary N) is 4. The second-order valence-electron chi connectivity index (χ2n) is 5.89. The molecule has 0 spiro atoms. The summed E-state index contributed by atoms with van der Waals surface area (Å²) in [6.07, 6.45) is 0. The average molecular weight is 343 g/mol. The number of nitrogens with zero attached hydrogens (tertiary/aromatic N) is 2. The van der Waals surface area contributed by atoms with Gasteiger partial charge in [0, 0.05) is 72.5 Å². The lowest BCUT2D eigenvalue weighted by Crippen LogP contribution is -2.46. The fourth-order valence-electron chi connectivity index (χ4n) is 2.34. The topological polar surface area (TPSA) is 115 Å². The summed E-state index contributed by atoms with van der Waals surface area (Å²) < 4.78 is 0. The van der Waals surface area contributed by atoms with E-state index in [1.54, 1.807) is 11.9 Å². The van der Waals surface area contributed by atoms with Gasteiger partial charge >= 0.3 is 0 Å². The van der Waals surface area contributed by atoms with Crippen molar-refractivity contribution < 1.29 is 9.59 Å². The van der Waals surface area contributed by atoms with Crippen molar-refractivity contribution in [2.75, 3.05) is 85.6 Å². The second-order valence-corrected chi connectivity index (χ2v) is 5.89. The van der Waals surface area contributed by atoms with Crippen molar-refractivity contribution in [3.8, 4) is 0 Å². The molecule has 0 bridgehead atoms. The highest BCUT2D eigenvalue weighted by molar-refractivity contribution is 5.85. The smallest absolute Gasteiger partial charge is 0.241 e. The molecular weight excluding hydrogens is 310 g/mol. The Kier molecular flexibility index (Phi) is 11.3. The molecule has 0 radical (unpaired) electrons. The summed E-state index contributed by atoms with van der Waals surface area (Å²) in [5, 5.41) is 12.7. The Morgan fingerprint density at radius 2 is 1.58 bits per heavy atom. The molecule has 1 rings (SSSR count). The van der Waals surface area contributed by atoms with Gasteiger partial charge in [-0.2, -0.15) is 0 Å². The molecule has 1 saturated heterocycles. The molecule has 2 amide bonds. The quantitative estimate of drug-likeness (QED) is 0.342. The fourth-order valence-corrected chi connectivity index (χ4v) is 2.34. The lowest BCUT2D eigenvalue weighted by molar-refractivity contribution is -0.131. The van der Waals surface area contributed by atoms with Crippen LogP contribution in [-0.4, -0.2) is 107 Å². The van der Waals surface area contributed by atoms with Crippen LogP contribution >= 0.6 is 0 Å². The maximum atomic E-state index is 12.0. The van der Waals surface area contributed by atoms with E-state index in [1.165, 1.54) is 0 Å². The molecule has 24 heavy (non-hydrogen) atoms. The van der Waals surface area contributed by atoms with Crippen molar-refractivity contribution in [1.29, 1.82) is 0 Å². The number of amides is 2. The number of carbonyl (C=O) groups is 2. The first-order chi connectivity index (χ1) is 11.6. The number of hydrogen-bond acceptors (Lipinski definition) is 7. The molecule has 9 heteroatoms. The average Bonchev–Trinajstić information content (AvgIpc) is 2.58. The molecule has 0 aliphatic carbocycles. The van der Waals surface area contributed by atoms with Crippen molar-refractivity contribution in [3.63, 3.8) is 0 Å². The third kappa shape index (κ3) is 9.78. The first-order valence-corrected chi connectivity index (χ1v) is 8.68. The highest BCUT2D eigenvalue weighted by Crippen LogP contribution is 1.91. The lowest BCUT2D eigenvalue weighted by Gasteiger charge is -2.26. The monoisotopic (exact) mass is 343 g/mol. The van der Waals surface area contributed by atoms with Crippen LogP contribution in [0.2, 0.25) is 0 Å². The summed E-state index contributed by atoms with van der Waals surface area (Å²) in [5.41, 5.74) is 5.20. The van der Waals surface area contributed by atoms with Crippen molar-refractivity contribution in [1.82, 2.24) is 31.1 Å². The van der Waals surface area contributed by atoms with Gasteiger partial charge in [0.1, 0.15) is 0 Å². The van der Waals surface area contributed by atoms with Crippen molar-refractivity contribution in [3.05, 3.63) is 0 Å². The molecule has 0 unspecified atom stereocenters. The first kappa shape index (κ1) is 20.8. The minimum absolute atomic E-state index is 0.00262. The molecule has 0 saturated carbocycles. The number of rotatable bonds is 6. The Morgan fingerprint density at radius 3 is 2.12 bits per heavy atom. The zero-order chi connectivity index (χ0) is 17.6. The number of carbonyl (C=O) groups excluding carboxylic acids is 2. The maximum absolute atomic E-state index is 12.0. The van der Waals surface area contributed by atoms with Gasteiger partial charge in [-0.1, -0.05) is 0 Å². The molecule has 0 aromatic carbocycles. The molecule has 6 N–H and O–H groups in total. The van der Waals surface area contributed by atoms with Crippen LogP contribution in [0, 0.1) is 0 Å². The summed E-state index contributed by atoms with van der Waals surface area (Å²) in [7, 11) is 1.76. The highest BCUT2D eigenvalue weighted by atomic mass is 16.2. The van der Waals surface area contributed by atoms with E-state index in [4.69, 9.17) is 5.73 Å². The first-order valence-electron chi connectivity index (χ1n) is 8.68. The van der Waals surface area contributed by atoms with E-state index in [2.05, 4.69) is 26.2 Å². The Labute approximate surface area is 144 Å². The molecule has 0 atom stereocenters. The van der Waals surface area contributed by atoms with Crippen molar-refractivity contribution >= 4 is 11.8 Å². The zero-order valence-electron chi connectivity index (χ0n) is 14.8. The summed E-state index contributed by atoms with van der Waals surface area (Å²) in [5.74, 6) is -0.417. The summed E-state index contributed by atoms with van der Waals surface area (Å²) in [4.78, 5) is 27.1. The molecule has 0 aromatic rings. The van der Waals surface area contributed by atoms with E-state index in [1.807, 2.05) is 0 Å². The van der Waals surface area contributed by atoms with Gasteiger partial charge in [0.25, 0.3) is 0 Å². The maximum Gasteiger partial charge on any atom is 0.241 e. The van der Waals surface area contributed by atoms with Crippen LogP contribution in [0.1, 0.15) is 0 Å². The van der Waals surface area contributed by atoms with Crippen LogP contribution in [0.25, 0.3) is 0 Å². The van der Waals surface area contributed by atoms with E-state index in [0.717, 1.165) is 58.9 Å². The minimum atomic E-state index is -0.313. The van der Waals surface area contributed by atoms with Gasteiger partial charge in [0.05, 0.1) is 13.1 Å². The van der Waals surface area contributed by atoms with E-state index >= 15 is 0 Å². The van der Waals surface area contributed by atoms with Crippen LogP contribution < -0.4 is 27.0 Å². The molecule has 1 aliphatic rings. The Bertz CT molecular complexity index is 356. The Morgan fingerprint density at radius 1 is 1.04 bits per heavy atom. The number of nitrogens with two attached hydrogens (primary N) is 1. The van der Waals surface area contributed by atoms with Gasteiger partial charge in [0.2, 0.25) is 11.8 Å². The van der Waals surface area contributed by atoms with Crippen LogP contribution in [0.3, 0.4) is 0 Å². The van der Waals surface area contributed by atoms with E-state index in [0.29, 0.717) is 6.54 Å². The van der Waals surface area contributed by atoms with Gasteiger partial charge in [-0.05, 0) is 0 Å². The van der Waals surface area contributed by atoms with Gasteiger partial charge in [0.15, 0.2) is 0 Å². The van der Waals surface area contributed by atoms with E-state index < -0.39 is 0 Å². The molecule has 1 heterocycles. The zero-order valence-corrected chi connectivity index (χ0v) is 14.8. The second kappa shape index (κ2) is 13.1. The van der Waals surface area contributed by atoms with Crippen LogP contribution in [-0.2, 0) is 9.59 Å². The fraction of sp³-hybridized carbons (Fsp3) is 0.867. The normalized spacial score (nSPS) is 18.2. The van der Waals surface area contributed by atoms with Gasteiger partial charge < -0.3 is 31.9 Å². The summed E-state index contributed by atoms with van der Waals surface area (Å²) >= 11 is 0. The molecule has 140 valence electrons. The molecular formula is C15H33N7O2. The third-order valence-electron chi connectivity index (χ3n) is 3.97. The predicted octanol–water partition coefficient (Wildman–Crippen LogP) is -3.40. The van der Waals surface area contributed by atoms with Gasteiger partial charge in [-0.3, -0.25) is 14.5 Å². The standard InChI is InChI=1S/C15H33N7O2/c1-21(15(24)13-20-14(23)12-16)10-11-22-8-6-18-4-2-17-3-5-19-7-9-22/h17-19H,2-13,16H2,1H3,(H,20,23). The summed E-state index contributed by atoms with van der Waals surface area (Å²) in [6.45, 7) is 9.02. The molecule has 9 nitrogen and oxygen atoms in total. The van der Waals surface area contributed by atoms with Crippen molar-refractivity contribution in [2.24, 2.45) is 5.73 Å². The number of hydrogen-bond donors (Lipinski definition) is 5. The SMILES string of the molecule is CN(CCN1CCNCCNCCNCC1)C(=O)CNC(=O)CN. The Hall–Kier alpha value is -1.26. The van der Waals surface area contributed by atoms with Crippen molar-refractivity contribution in [2.45, 2.75) is 0 Å². The van der Waals surface area contributed by atoms with Gasteiger partial charge in [-0.15, -0.1) is 0 Å².